The van der Waals surface area contributed by atoms with E-state index < -0.39 is 17.6 Å². The third-order valence-corrected chi connectivity index (χ3v) is 3.65. The monoisotopic (exact) mass is 379 g/mol. The van der Waals surface area contributed by atoms with Gasteiger partial charge in [-0.05, 0) is 53.6 Å². The van der Waals surface area contributed by atoms with E-state index in [0.717, 1.165) is 22.5 Å². The maximum absolute atomic E-state index is 12.8. The number of nitrogens with one attached hydrogen (secondary N) is 1. The number of carbonyl (C=O) groups excluding carboxylic acids is 1. The Kier molecular flexibility index (Phi) is 5.15. The molecule has 3 rings (SSSR count). The minimum Gasteiger partial charge on any atom is -0.349 e. The van der Waals surface area contributed by atoms with Gasteiger partial charge in [0.2, 0.25) is 0 Å². The van der Waals surface area contributed by atoms with Gasteiger partial charge in [0.15, 0.2) is 0 Å². The van der Waals surface area contributed by atoms with Crippen LogP contribution in [0.15, 0.2) is 48.5 Å². The van der Waals surface area contributed by atoms with E-state index in [2.05, 4.69) is 20.7 Å². The van der Waals surface area contributed by atoms with Gasteiger partial charge in [0.05, 0.1) is 11.3 Å². The number of aromatic nitrogens is 4. The lowest BCUT2D eigenvalue weighted by Gasteiger charge is -2.06. The summed E-state index contributed by atoms with van der Waals surface area (Å²) in [6.07, 6.45) is -3.96. The van der Waals surface area contributed by atoms with Crippen LogP contribution in [-0.4, -0.2) is 32.7 Å². The summed E-state index contributed by atoms with van der Waals surface area (Å²) in [5, 5.41) is 13.7. The SMILES string of the molecule is O=C(NCCc1ccc(F)cc1)c1nnn(-c2ccc(C(F)(F)F)cc2)n1. The summed E-state index contributed by atoms with van der Waals surface area (Å²) in [5.74, 6) is -1.13. The topological polar surface area (TPSA) is 72.7 Å². The number of rotatable bonds is 5. The number of hydrogen-bond donors (Lipinski definition) is 1. The number of alkyl halides is 3. The lowest BCUT2D eigenvalue weighted by Crippen LogP contribution is -2.26. The molecule has 2 aromatic carbocycles. The quantitative estimate of drug-likeness (QED) is 0.692. The fraction of sp³-hybridized carbons (Fsp3) is 0.176. The van der Waals surface area contributed by atoms with Crippen molar-refractivity contribution in [1.29, 1.82) is 0 Å². The molecule has 0 atom stereocenters. The van der Waals surface area contributed by atoms with E-state index in [9.17, 15) is 22.4 Å². The van der Waals surface area contributed by atoms with Crippen molar-refractivity contribution in [2.24, 2.45) is 0 Å². The molecule has 1 heterocycles. The molecule has 0 bridgehead atoms. The molecule has 1 N–H and O–H groups in total. The molecule has 3 aromatic rings. The van der Waals surface area contributed by atoms with Crippen LogP contribution in [0.3, 0.4) is 0 Å². The smallest absolute Gasteiger partial charge is 0.349 e. The number of hydrogen-bond acceptors (Lipinski definition) is 4. The Balaban J connectivity index is 1.59. The summed E-state index contributed by atoms with van der Waals surface area (Å²) in [6, 6.07) is 10.0. The molecule has 0 aliphatic rings. The van der Waals surface area contributed by atoms with E-state index in [-0.39, 0.29) is 23.9 Å². The molecule has 140 valence electrons. The van der Waals surface area contributed by atoms with Gasteiger partial charge in [-0.15, -0.1) is 15.0 Å². The van der Waals surface area contributed by atoms with Crippen LogP contribution in [0.1, 0.15) is 21.7 Å². The van der Waals surface area contributed by atoms with Crippen LogP contribution in [0.4, 0.5) is 17.6 Å². The third kappa shape index (κ3) is 4.66. The zero-order valence-corrected chi connectivity index (χ0v) is 13.7. The fourth-order valence-corrected chi connectivity index (χ4v) is 2.25. The zero-order valence-electron chi connectivity index (χ0n) is 13.7. The van der Waals surface area contributed by atoms with Gasteiger partial charge in [0, 0.05) is 6.54 Å². The maximum atomic E-state index is 12.8. The van der Waals surface area contributed by atoms with Crippen molar-refractivity contribution in [1.82, 2.24) is 25.5 Å². The van der Waals surface area contributed by atoms with Crippen molar-refractivity contribution in [3.63, 3.8) is 0 Å². The van der Waals surface area contributed by atoms with Gasteiger partial charge in [-0.3, -0.25) is 4.79 Å². The number of nitrogens with zero attached hydrogens (tertiary/aromatic N) is 4. The Labute approximate surface area is 150 Å². The van der Waals surface area contributed by atoms with Crippen molar-refractivity contribution >= 4 is 5.91 Å². The highest BCUT2D eigenvalue weighted by molar-refractivity contribution is 5.90. The van der Waals surface area contributed by atoms with Crippen molar-refractivity contribution in [3.05, 3.63) is 71.3 Å². The lowest BCUT2D eigenvalue weighted by molar-refractivity contribution is -0.137. The highest BCUT2D eigenvalue weighted by Crippen LogP contribution is 2.29. The number of tetrazole rings is 1. The molecule has 0 radical (unpaired) electrons. The summed E-state index contributed by atoms with van der Waals surface area (Å²) in [5.41, 5.74) is 0.282. The van der Waals surface area contributed by atoms with Crippen LogP contribution in [-0.2, 0) is 12.6 Å². The molecule has 0 fully saturated rings. The van der Waals surface area contributed by atoms with Crippen molar-refractivity contribution in [3.8, 4) is 5.69 Å². The Morgan fingerprint density at radius 3 is 2.33 bits per heavy atom. The predicted molar refractivity (Wildman–Crippen MR) is 86.6 cm³/mol. The average Bonchev–Trinajstić information content (AvgIpc) is 3.13. The van der Waals surface area contributed by atoms with Gasteiger partial charge >= 0.3 is 6.18 Å². The molecule has 1 amide bonds. The zero-order chi connectivity index (χ0) is 19.4. The molecule has 0 aliphatic heterocycles. The van der Waals surface area contributed by atoms with E-state index in [1.165, 1.54) is 24.3 Å². The van der Waals surface area contributed by atoms with Crippen LogP contribution in [0.25, 0.3) is 5.69 Å². The highest BCUT2D eigenvalue weighted by atomic mass is 19.4. The van der Waals surface area contributed by atoms with Gasteiger partial charge in [-0.2, -0.15) is 13.2 Å². The van der Waals surface area contributed by atoms with E-state index in [1.54, 1.807) is 12.1 Å². The molecule has 0 saturated carbocycles. The summed E-state index contributed by atoms with van der Waals surface area (Å²) < 4.78 is 50.5. The number of carbonyl (C=O) groups is 1. The normalized spacial score (nSPS) is 11.4. The van der Waals surface area contributed by atoms with Crippen molar-refractivity contribution in [2.45, 2.75) is 12.6 Å². The van der Waals surface area contributed by atoms with Crippen LogP contribution in [0.2, 0.25) is 0 Å². The van der Waals surface area contributed by atoms with Crippen molar-refractivity contribution < 1.29 is 22.4 Å². The van der Waals surface area contributed by atoms with Crippen LogP contribution >= 0.6 is 0 Å². The highest BCUT2D eigenvalue weighted by Gasteiger charge is 2.30. The van der Waals surface area contributed by atoms with Gasteiger partial charge in [-0.1, -0.05) is 12.1 Å². The molecule has 10 heteroatoms. The van der Waals surface area contributed by atoms with Crippen LogP contribution in [0.5, 0.6) is 0 Å². The molecule has 27 heavy (non-hydrogen) atoms. The van der Waals surface area contributed by atoms with Gasteiger partial charge in [0.25, 0.3) is 11.7 Å². The lowest BCUT2D eigenvalue weighted by atomic mass is 10.1. The van der Waals surface area contributed by atoms with Crippen LogP contribution in [0, 0.1) is 5.82 Å². The third-order valence-electron chi connectivity index (χ3n) is 3.65. The van der Waals surface area contributed by atoms with E-state index in [0.29, 0.717) is 6.42 Å². The molecule has 0 saturated heterocycles. The molecule has 1 aromatic heterocycles. The first-order valence-corrected chi connectivity index (χ1v) is 7.83. The maximum Gasteiger partial charge on any atom is 0.416 e. The van der Waals surface area contributed by atoms with E-state index in [1.807, 2.05) is 0 Å². The summed E-state index contributed by atoms with van der Waals surface area (Å²) in [4.78, 5) is 13.0. The summed E-state index contributed by atoms with van der Waals surface area (Å²) >= 11 is 0. The van der Waals surface area contributed by atoms with Crippen molar-refractivity contribution in [2.75, 3.05) is 6.54 Å². The van der Waals surface area contributed by atoms with E-state index >= 15 is 0 Å². The summed E-state index contributed by atoms with van der Waals surface area (Å²) in [7, 11) is 0. The second kappa shape index (κ2) is 7.52. The predicted octanol–water partition coefficient (Wildman–Crippen LogP) is 2.79. The molecule has 0 unspecified atom stereocenters. The first-order valence-electron chi connectivity index (χ1n) is 7.83. The average molecular weight is 379 g/mol. The number of benzene rings is 2. The minimum atomic E-state index is -4.44. The molecule has 0 spiro atoms. The second-order valence-corrected chi connectivity index (χ2v) is 5.58. The van der Waals surface area contributed by atoms with Gasteiger partial charge in [-0.25, -0.2) is 4.39 Å². The minimum absolute atomic E-state index is 0.214. The van der Waals surface area contributed by atoms with Crippen LogP contribution < -0.4 is 5.32 Å². The Bertz CT molecular complexity index is 920. The Hall–Kier alpha value is -3.30. The molecular weight excluding hydrogens is 366 g/mol. The number of halogens is 4. The van der Waals surface area contributed by atoms with Gasteiger partial charge < -0.3 is 5.32 Å². The van der Waals surface area contributed by atoms with E-state index in [4.69, 9.17) is 0 Å². The first-order chi connectivity index (χ1) is 12.8. The standard InChI is InChI=1S/C17H13F4N5O/c18-13-5-1-11(2-6-13)9-10-22-16(27)15-23-25-26(24-15)14-7-3-12(4-8-14)17(19,20)21/h1-8H,9-10H2,(H,22,27). The molecule has 6 nitrogen and oxygen atoms in total. The molecular formula is C17H13F4N5O. The molecule has 0 aliphatic carbocycles. The second-order valence-electron chi connectivity index (χ2n) is 5.58. The number of amides is 1. The Morgan fingerprint density at radius 1 is 1.04 bits per heavy atom. The fourth-order valence-electron chi connectivity index (χ4n) is 2.25. The Morgan fingerprint density at radius 2 is 1.70 bits per heavy atom. The summed E-state index contributed by atoms with van der Waals surface area (Å²) in [6.45, 7) is 0.277. The first kappa shape index (κ1) is 18.5. The van der Waals surface area contributed by atoms with Gasteiger partial charge in [0.1, 0.15) is 5.82 Å². The largest absolute Gasteiger partial charge is 0.416 e.